The van der Waals surface area contributed by atoms with Crippen LogP contribution >= 0.6 is 0 Å². The lowest BCUT2D eigenvalue weighted by Crippen LogP contribution is -2.29. The average molecular weight is 453 g/mol. The van der Waals surface area contributed by atoms with Gasteiger partial charge in [-0.2, -0.15) is 13.2 Å². The Bertz CT molecular complexity index is 1250. The largest absolute Gasteiger partial charge is 0.507 e. The Morgan fingerprint density at radius 3 is 2.30 bits per heavy atom. The molecule has 168 valence electrons. The lowest BCUT2D eigenvalue weighted by Gasteiger charge is -2.26. The zero-order chi connectivity index (χ0) is 23.8. The Morgan fingerprint density at radius 2 is 1.64 bits per heavy atom. The minimum Gasteiger partial charge on any atom is -0.507 e. The molecule has 0 saturated carbocycles. The molecular weight excluding hydrogens is 435 g/mol. The highest BCUT2D eigenvalue weighted by atomic mass is 19.4. The highest BCUT2D eigenvalue weighted by Gasteiger charge is 2.47. The smallest absolute Gasteiger partial charge is 0.416 e. The van der Waals surface area contributed by atoms with Crippen LogP contribution < -0.4 is 9.64 Å². The minimum atomic E-state index is -4.64. The fourth-order valence-electron chi connectivity index (χ4n) is 3.81. The van der Waals surface area contributed by atoms with E-state index in [1.165, 1.54) is 13.2 Å². The van der Waals surface area contributed by atoms with Crippen LogP contribution in [0.2, 0.25) is 0 Å². The molecule has 1 saturated heterocycles. The number of amides is 1. The van der Waals surface area contributed by atoms with Gasteiger partial charge in [0.1, 0.15) is 11.5 Å². The molecule has 33 heavy (non-hydrogen) atoms. The molecule has 1 N–H and O–H groups in total. The van der Waals surface area contributed by atoms with Crippen molar-refractivity contribution < 1.29 is 32.6 Å². The number of ketones is 1. The summed E-state index contributed by atoms with van der Waals surface area (Å²) in [5, 5.41) is 11.0. The quantitative estimate of drug-likeness (QED) is 0.329. The number of carbonyl (C=O) groups excluding carboxylic acids is 2. The summed E-state index contributed by atoms with van der Waals surface area (Å²) in [5.74, 6) is -2.04. The van der Waals surface area contributed by atoms with Gasteiger partial charge in [0.25, 0.3) is 11.7 Å². The summed E-state index contributed by atoms with van der Waals surface area (Å²) in [6, 6.07) is 17.6. The van der Waals surface area contributed by atoms with Gasteiger partial charge in [-0.3, -0.25) is 14.5 Å². The molecule has 1 heterocycles. The number of aliphatic hydroxyl groups excluding tert-OH is 1. The molecule has 1 amide bonds. The number of anilines is 1. The van der Waals surface area contributed by atoms with E-state index in [2.05, 4.69) is 0 Å². The summed E-state index contributed by atoms with van der Waals surface area (Å²) < 4.78 is 45.2. The van der Waals surface area contributed by atoms with E-state index in [4.69, 9.17) is 4.74 Å². The first-order chi connectivity index (χ1) is 15.7. The number of nitrogens with zero attached hydrogens (tertiary/aromatic N) is 1. The molecule has 3 aromatic carbocycles. The molecule has 5 nitrogen and oxygen atoms in total. The Kier molecular flexibility index (Phi) is 5.68. The third-order valence-corrected chi connectivity index (χ3v) is 5.35. The molecule has 1 aliphatic rings. The molecule has 8 heteroatoms. The molecule has 1 unspecified atom stereocenters. The van der Waals surface area contributed by atoms with E-state index in [9.17, 15) is 27.9 Å². The summed E-state index contributed by atoms with van der Waals surface area (Å²) >= 11 is 0. The van der Waals surface area contributed by atoms with Gasteiger partial charge in [-0.15, -0.1) is 0 Å². The van der Waals surface area contributed by atoms with Crippen LogP contribution in [0.1, 0.15) is 22.7 Å². The second-order valence-electron chi connectivity index (χ2n) is 7.36. The molecule has 3 aromatic rings. The molecule has 0 aliphatic carbocycles. The SMILES string of the molecule is COc1cccc(C2/C(=C(\O)c3ccccc3)C(=O)C(=O)N2c2cccc(C(F)(F)F)c2)c1. The summed E-state index contributed by atoms with van der Waals surface area (Å²) in [4.78, 5) is 27.1. The van der Waals surface area contributed by atoms with Crippen molar-refractivity contribution in [3.63, 3.8) is 0 Å². The van der Waals surface area contributed by atoms with Gasteiger partial charge in [-0.1, -0.05) is 48.5 Å². The van der Waals surface area contributed by atoms with Crippen LogP contribution in [0.4, 0.5) is 18.9 Å². The van der Waals surface area contributed by atoms with Gasteiger partial charge in [0.15, 0.2) is 0 Å². The van der Waals surface area contributed by atoms with Gasteiger partial charge >= 0.3 is 6.18 Å². The van der Waals surface area contributed by atoms with E-state index in [-0.39, 0.29) is 11.3 Å². The van der Waals surface area contributed by atoms with Gasteiger partial charge in [0, 0.05) is 11.3 Å². The normalized spacial score (nSPS) is 17.9. The third-order valence-electron chi connectivity index (χ3n) is 5.35. The van der Waals surface area contributed by atoms with E-state index >= 15 is 0 Å². The minimum absolute atomic E-state index is 0.119. The van der Waals surface area contributed by atoms with Crippen molar-refractivity contribution in [1.29, 1.82) is 0 Å². The van der Waals surface area contributed by atoms with Gasteiger partial charge in [-0.05, 0) is 35.9 Å². The number of benzene rings is 3. The number of Topliss-reactive ketones (excluding diaryl/α,β-unsaturated/α-hetero) is 1. The maximum absolute atomic E-state index is 13.3. The molecule has 0 bridgehead atoms. The van der Waals surface area contributed by atoms with Crippen molar-refractivity contribution in [2.75, 3.05) is 12.0 Å². The number of hydrogen-bond donors (Lipinski definition) is 1. The van der Waals surface area contributed by atoms with Crippen molar-refractivity contribution in [2.45, 2.75) is 12.2 Å². The number of methoxy groups -OCH3 is 1. The molecular formula is C25H18F3NO4. The average Bonchev–Trinajstić information content (AvgIpc) is 3.09. The topological polar surface area (TPSA) is 66.8 Å². The third kappa shape index (κ3) is 4.07. The Labute approximate surface area is 187 Å². The predicted octanol–water partition coefficient (Wildman–Crippen LogP) is 5.34. The second-order valence-corrected chi connectivity index (χ2v) is 7.36. The van der Waals surface area contributed by atoms with Crippen LogP contribution in [-0.4, -0.2) is 23.9 Å². The van der Waals surface area contributed by atoms with Gasteiger partial charge < -0.3 is 9.84 Å². The molecule has 0 radical (unpaired) electrons. The standard InChI is InChI=1S/C25H18F3NO4/c1-33-19-12-5-9-16(13-19)21-20(22(30)15-7-3-2-4-8-15)23(31)24(32)29(21)18-11-6-10-17(14-18)25(26,27)28/h2-14,21,30H,1H3/b22-20+. The number of carbonyl (C=O) groups is 2. The van der Waals surface area contributed by atoms with E-state index in [1.807, 2.05) is 0 Å². The summed E-state index contributed by atoms with van der Waals surface area (Å²) in [7, 11) is 1.44. The zero-order valence-corrected chi connectivity index (χ0v) is 17.3. The van der Waals surface area contributed by atoms with Crippen LogP contribution in [0.25, 0.3) is 5.76 Å². The van der Waals surface area contributed by atoms with E-state index in [0.29, 0.717) is 16.9 Å². The summed E-state index contributed by atoms with van der Waals surface area (Å²) in [5.41, 5.74) is -0.617. The highest BCUT2D eigenvalue weighted by molar-refractivity contribution is 6.51. The van der Waals surface area contributed by atoms with E-state index in [0.717, 1.165) is 23.1 Å². The summed E-state index contributed by atoms with van der Waals surface area (Å²) in [6.07, 6.45) is -4.64. The van der Waals surface area contributed by atoms with Crippen molar-refractivity contribution >= 4 is 23.1 Å². The number of halogens is 3. The van der Waals surface area contributed by atoms with Crippen molar-refractivity contribution in [2.24, 2.45) is 0 Å². The van der Waals surface area contributed by atoms with E-state index < -0.39 is 35.2 Å². The van der Waals surface area contributed by atoms with Crippen molar-refractivity contribution in [3.8, 4) is 5.75 Å². The molecule has 0 aromatic heterocycles. The van der Waals surface area contributed by atoms with Crippen LogP contribution in [0.5, 0.6) is 5.75 Å². The van der Waals surface area contributed by atoms with Gasteiger partial charge in [0.05, 0.1) is 24.3 Å². The van der Waals surface area contributed by atoms with Gasteiger partial charge in [0.2, 0.25) is 0 Å². The predicted molar refractivity (Wildman–Crippen MR) is 116 cm³/mol. The Hall–Kier alpha value is -4.07. The molecule has 0 spiro atoms. The van der Waals surface area contributed by atoms with Crippen LogP contribution in [0.15, 0.2) is 84.4 Å². The second kappa shape index (κ2) is 8.46. The molecule has 1 aliphatic heterocycles. The fourth-order valence-corrected chi connectivity index (χ4v) is 3.81. The van der Waals surface area contributed by atoms with Crippen LogP contribution in [0.3, 0.4) is 0 Å². The molecule has 4 rings (SSSR count). The maximum Gasteiger partial charge on any atom is 0.416 e. The van der Waals surface area contributed by atoms with Crippen LogP contribution in [0, 0.1) is 0 Å². The lowest BCUT2D eigenvalue weighted by molar-refractivity contribution is -0.137. The maximum atomic E-state index is 13.3. The molecule has 1 atom stereocenters. The Balaban J connectivity index is 1.96. The summed E-state index contributed by atoms with van der Waals surface area (Å²) in [6.45, 7) is 0. The molecule has 1 fully saturated rings. The van der Waals surface area contributed by atoms with Crippen molar-refractivity contribution in [1.82, 2.24) is 0 Å². The monoisotopic (exact) mass is 453 g/mol. The number of rotatable bonds is 4. The first-order valence-corrected chi connectivity index (χ1v) is 9.90. The lowest BCUT2D eigenvalue weighted by atomic mass is 9.95. The first-order valence-electron chi connectivity index (χ1n) is 9.90. The van der Waals surface area contributed by atoms with E-state index in [1.54, 1.807) is 54.6 Å². The van der Waals surface area contributed by atoms with Gasteiger partial charge in [-0.25, -0.2) is 0 Å². The fraction of sp³-hybridized carbons (Fsp3) is 0.120. The van der Waals surface area contributed by atoms with Crippen LogP contribution in [-0.2, 0) is 15.8 Å². The highest BCUT2D eigenvalue weighted by Crippen LogP contribution is 2.43. The first kappa shape index (κ1) is 22.1. The van der Waals surface area contributed by atoms with Crippen molar-refractivity contribution in [3.05, 3.63) is 101 Å². The number of alkyl halides is 3. The number of aliphatic hydroxyl groups is 1. The number of ether oxygens (including phenoxy) is 1. The Morgan fingerprint density at radius 1 is 0.939 bits per heavy atom. The number of hydrogen-bond acceptors (Lipinski definition) is 4. The zero-order valence-electron chi connectivity index (χ0n) is 17.3.